The molecule has 3 aromatic heterocycles. The molecule has 0 aliphatic rings. The van der Waals surface area contributed by atoms with Crippen LogP contribution < -0.4 is 5.32 Å². The summed E-state index contributed by atoms with van der Waals surface area (Å²) in [6.45, 7) is 12.3. The fraction of sp³-hybridized carbons (Fsp3) is 0.333. The van der Waals surface area contributed by atoms with Crippen LogP contribution in [0.3, 0.4) is 0 Å². The Morgan fingerprint density at radius 2 is 2.16 bits per heavy atom. The quantitative estimate of drug-likeness (QED) is 0.619. The Morgan fingerprint density at radius 1 is 1.44 bits per heavy atom. The van der Waals surface area contributed by atoms with Gasteiger partial charge < -0.3 is 14.3 Å². The van der Waals surface area contributed by atoms with Crippen LogP contribution in [0.1, 0.15) is 41.8 Å². The Morgan fingerprint density at radius 3 is 2.76 bits per heavy atom. The lowest BCUT2D eigenvalue weighted by Crippen LogP contribution is -2.17. The van der Waals surface area contributed by atoms with Crippen LogP contribution in [-0.4, -0.2) is 20.3 Å². The molecule has 25 heavy (non-hydrogen) atoms. The number of rotatable bonds is 5. The van der Waals surface area contributed by atoms with E-state index in [1.165, 1.54) is 0 Å². The smallest absolute Gasteiger partial charge is 0.272 e. The summed E-state index contributed by atoms with van der Waals surface area (Å²) in [5.41, 5.74) is 4.52. The number of hydrogen-bond donors (Lipinski definition) is 1. The fourth-order valence-corrected chi connectivity index (χ4v) is 3.44. The summed E-state index contributed by atoms with van der Waals surface area (Å²) >= 11 is 3.32. The van der Waals surface area contributed by atoms with E-state index in [1.807, 2.05) is 29.2 Å². The van der Waals surface area contributed by atoms with Gasteiger partial charge in [-0.1, -0.05) is 6.08 Å². The van der Waals surface area contributed by atoms with E-state index in [2.05, 4.69) is 46.8 Å². The number of carbonyl (C=O) groups excluding carboxylic acids is 1. The van der Waals surface area contributed by atoms with Crippen LogP contribution in [0.15, 0.2) is 33.9 Å². The van der Waals surface area contributed by atoms with Gasteiger partial charge >= 0.3 is 0 Å². The van der Waals surface area contributed by atoms with Gasteiger partial charge in [-0.2, -0.15) is 5.10 Å². The average molecular weight is 405 g/mol. The Kier molecular flexibility index (Phi) is 4.60. The van der Waals surface area contributed by atoms with Crippen molar-refractivity contribution in [3.05, 3.63) is 46.5 Å². The first kappa shape index (κ1) is 17.5. The summed E-state index contributed by atoms with van der Waals surface area (Å²) in [6, 6.07) is 3.83. The predicted octanol–water partition coefficient (Wildman–Crippen LogP) is 4.83. The van der Waals surface area contributed by atoms with Gasteiger partial charge in [-0.25, -0.2) is 0 Å². The van der Waals surface area contributed by atoms with Crippen molar-refractivity contribution < 1.29 is 9.21 Å². The van der Waals surface area contributed by atoms with Gasteiger partial charge in [0.25, 0.3) is 5.91 Å². The SMILES string of the molecule is C=CCn1c(C(=O)Nc2c(C)nn(C(C)C)c2C)cc2oc(Br)cc21. The van der Waals surface area contributed by atoms with Crippen molar-refractivity contribution in [1.29, 1.82) is 0 Å². The first-order chi connectivity index (χ1) is 11.8. The summed E-state index contributed by atoms with van der Waals surface area (Å²) in [5.74, 6) is -0.195. The molecule has 0 aliphatic carbocycles. The molecule has 0 fully saturated rings. The second-order valence-corrected chi connectivity index (χ2v) is 7.05. The molecular formula is C18H21BrN4O2. The van der Waals surface area contributed by atoms with E-state index in [0.29, 0.717) is 22.5 Å². The molecule has 0 bridgehead atoms. The molecule has 0 saturated carbocycles. The number of furan rings is 1. The maximum absolute atomic E-state index is 12.9. The lowest BCUT2D eigenvalue weighted by Gasteiger charge is -2.10. The van der Waals surface area contributed by atoms with E-state index >= 15 is 0 Å². The summed E-state index contributed by atoms with van der Waals surface area (Å²) in [5, 5.41) is 7.52. The number of amides is 1. The normalized spacial score (nSPS) is 11.4. The second-order valence-electron chi connectivity index (χ2n) is 6.27. The van der Waals surface area contributed by atoms with Gasteiger partial charge in [0.15, 0.2) is 10.3 Å². The Hall–Kier alpha value is -2.28. The Balaban J connectivity index is 1.99. The minimum atomic E-state index is -0.195. The molecule has 7 heteroatoms. The van der Waals surface area contributed by atoms with Crippen LogP contribution in [0.2, 0.25) is 0 Å². The van der Waals surface area contributed by atoms with Crippen LogP contribution in [0, 0.1) is 13.8 Å². The van der Waals surface area contributed by atoms with Crippen molar-refractivity contribution in [3.63, 3.8) is 0 Å². The highest BCUT2D eigenvalue weighted by atomic mass is 79.9. The van der Waals surface area contributed by atoms with Crippen molar-refractivity contribution >= 4 is 38.6 Å². The number of fused-ring (bicyclic) bond motifs is 1. The van der Waals surface area contributed by atoms with E-state index in [-0.39, 0.29) is 11.9 Å². The monoisotopic (exact) mass is 404 g/mol. The van der Waals surface area contributed by atoms with E-state index < -0.39 is 0 Å². The van der Waals surface area contributed by atoms with Crippen LogP contribution in [0.25, 0.3) is 11.1 Å². The minimum Gasteiger partial charge on any atom is -0.448 e. The average Bonchev–Trinajstić information content (AvgIpc) is 3.14. The molecule has 0 spiro atoms. The largest absolute Gasteiger partial charge is 0.448 e. The van der Waals surface area contributed by atoms with Gasteiger partial charge in [0.2, 0.25) is 0 Å². The first-order valence-electron chi connectivity index (χ1n) is 8.10. The third-order valence-corrected chi connectivity index (χ3v) is 4.55. The van der Waals surface area contributed by atoms with Crippen molar-refractivity contribution in [3.8, 4) is 0 Å². The van der Waals surface area contributed by atoms with Gasteiger partial charge in [0.05, 0.1) is 22.6 Å². The molecule has 1 N–H and O–H groups in total. The zero-order valence-electron chi connectivity index (χ0n) is 14.8. The molecule has 3 rings (SSSR count). The van der Waals surface area contributed by atoms with E-state index in [1.54, 1.807) is 12.1 Å². The number of nitrogens with zero attached hydrogens (tertiary/aromatic N) is 3. The molecule has 3 aromatic rings. The summed E-state index contributed by atoms with van der Waals surface area (Å²) in [7, 11) is 0. The number of anilines is 1. The van der Waals surface area contributed by atoms with Gasteiger partial charge in [0, 0.05) is 24.7 Å². The second kappa shape index (κ2) is 6.55. The van der Waals surface area contributed by atoms with E-state index in [4.69, 9.17) is 4.42 Å². The molecule has 1 amide bonds. The predicted molar refractivity (Wildman–Crippen MR) is 102 cm³/mol. The number of halogens is 1. The van der Waals surface area contributed by atoms with Crippen molar-refractivity contribution in [1.82, 2.24) is 14.3 Å². The number of nitrogens with one attached hydrogen (secondary N) is 1. The molecule has 0 aromatic carbocycles. The zero-order chi connectivity index (χ0) is 18.3. The van der Waals surface area contributed by atoms with Crippen molar-refractivity contribution in [2.24, 2.45) is 0 Å². The van der Waals surface area contributed by atoms with Gasteiger partial charge in [-0.15, -0.1) is 6.58 Å². The molecular weight excluding hydrogens is 384 g/mol. The van der Waals surface area contributed by atoms with Crippen LogP contribution in [0.4, 0.5) is 5.69 Å². The Labute approximate surface area is 154 Å². The highest BCUT2D eigenvalue weighted by Gasteiger charge is 2.21. The third-order valence-electron chi connectivity index (χ3n) is 4.16. The van der Waals surface area contributed by atoms with Crippen LogP contribution in [-0.2, 0) is 6.54 Å². The zero-order valence-corrected chi connectivity index (χ0v) is 16.3. The number of allylic oxidation sites excluding steroid dienone is 1. The van der Waals surface area contributed by atoms with Gasteiger partial charge in [-0.3, -0.25) is 9.48 Å². The topological polar surface area (TPSA) is 65.0 Å². The summed E-state index contributed by atoms with van der Waals surface area (Å²) < 4.78 is 10.0. The lowest BCUT2D eigenvalue weighted by atomic mass is 10.2. The maximum atomic E-state index is 12.9. The minimum absolute atomic E-state index is 0.195. The number of aromatic nitrogens is 3. The Bertz CT molecular complexity index is 962. The maximum Gasteiger partial charge on any atom is 0.272 e. The number of aryl methyl sites for hydroxylation is 1. The highest BCUT2D eigenvalue weighted by molar-refractivity contribution is 9.10. The third kappa shape index (κ3) is 3.04. The first-order valence-corrected chi connectivity index (χ1v) is 8.89. The fourth-order valence-electron chi connectivity index (χ4n) is 3.05. The van der Waals surface area contributed by atoms with E-state index in [0.717, 1.165) is 22.6 Å². The van der Waals surface area contributed by atoms with Gasteiger partial charge in [0.1, 0.15) is 5.69 Å². The standard InChI is InChI=1S/C18H21BrN4O2/c1-6-7-22-13-9-16(19)25-15(13)8-14(22)18(24)20-17-11(4)21-23(10(2)3)12(17)5/h6,8-10H,1,7H2,2-5H3,(H,20,24). The number of hydrogen-bond acceptors (Lipinski definition) is 3. The molecule has 0 radical (unpaired) electrons. The molecule has 0 atom stereocenters. The van der Waals surface area contributed by atoms with Crippen molar-refractivity contribution in [2.45, 2.75) is 40.3 Å². The summed E-state index contributed by atoms with van der Waals surface area (Å²) in [4.78, 5) is 12.9. The molecule has 6 nitrogen and oxygen atoms in total. The van der Waals surface area contributed by atoms with E-state index in [9.17, 15) is 4.79 Å². The lowest BCUT2D eigenvalue weighted by molar-refractivity contribution is 0.101. The highest BCUT2D eigenvalue weighted by Crippen LogP contribution is 2.28. The summed E-state index contributed by atoms with van der Waals surface area (Å²) in [6.07, 6.45) is 1.75. The molecule has 0 aliphatic heterocycles. The van der Waals surface area contributed by atoms with Crippen LogP contribution >= 0.6 is 15.9 Å². The van der Waals surface area contributed by atoms with Crippen molar-refractivity contribution in [2.75, 3.05) is 5.32 Å². The number of carbonyl (C=O) groups is 1. The van der Waals surface area contributed by atoms with Crippen LogP contribution in [0.5, 0.6) is 0 Å². The molecule has 3 heterocycles. The molecule has 132 valence electrons. The molecule has 0 saturated heterocycles. The van der Waals surface area contributed by atoms with Gasteiger partial charge in [-0.05, 0) is 43.6 Å². The molecule has 0 unspecified atom stereocenters.